The third kappa shape index (κ3) is 7.30. The highest BCUT2D eigenvalue weighted by Crippen LogP contribution is 2.22. The van der Waals surface area contributed by atoms with Gasteiger partial charge in [-0.05, 0) is 48.0 Å². The molecular formula is C28H30N4O3. The second-order valence-corrected chi connectivity index (χ2v) is 9.06. The lowest BCUT2D eigenvalue weighted by atomic mass is 9.92. The highest BCUT2D eigenvalue weighted by molar-refractivity contribution is 6.04. The quantitative estimate of drug-likeness (QED) is 0.336. The zero-order valence-corrected chi connectivity index (χ0v) is 20.1. The summed E-state index contributed by atoms with van der Waals surface area (Å²) in [6.07, 6.45) is 0. The number of aromatic nitrogens is 2. The maximum atomic E-state index is 11.8. The van der Waals surface area contributed by atoms with Gasteiger partial charge in [-0.1, -0.05) is 69.3 Å². The molecule has 180 valence electrons. The van der Waals surface area contributed by atoms with Crippen LogP contribution in [0.2, 0.25) is 0 Å². The third-order valence-electron chi connectivity index (χ3n) is 5.15. The zero-order chi connectivity index (χ0) is 25.4. The summed E-state index contributed by atoms with van der Waals surface area (Å²) in [7, 11) is 0. The van der Waals surface area contributed by atoms with Gasteiger partial charge in [0.2, 0.25) is 0 Å². The summed E-state index contributed by atoms with van der Waals surface area (Å²) < 4.78 is 1.55. The lowest BCUT2D eigenvalue weighted by Gasteiger charge is -2.14. The van der Waals surface area contributed by atoms with Crippen molar-refractivity contribution in [2.45, 2.75) is 32.7 Å². The van der Waals surface area contributed by atoms with E-state index in [2.05, 4.69) is 10.4 Å². The number of aromatic carboxylic acids is 1. The molecule has 0 bridgehead atoms. The first-order chi connectivity index (χ1) is 16.6. The molecule has 7 nitrogen and oxygen atoms in total. The number of carbonyl (C=O) groups is 2. The Balaban J connectivity index is 0.000000198. The molecule has 0 aliphatic heterocycles. The van der Waals surface area contributed by atoms with E-state index in [0.717, 1.165) is 16.9 Å². The van der Waals surface area contributed by atoms with Crippen molar-refractivity contribution in [2.24, 2.45) is 0 Å². The Morgan fingerprint density at radius 1 is 0.914 bits per heavy atom. The fourth-order valence-electron chi connectivity index (χ4n) is 3.19. The molecular weight excluding hydrogens is 440 g/mol. The van der Waals surface area contributed by atoms with Gasteiger partial charge >= 0.3 is 5.97 Å². The van der Waals surface area contributed by atoms with Gasteiger partial charge in [-0.3, -0.25) is 9.48 Å². The van der Waals surface area contributed by atoms with Gasteiger partial charge in [0.15, 0.2) is 0 Å². The van der Waals surface area contributed by atoms with E-state index in [1.165, 1.54) is 0 Å². The van der Waals surface area contributed by atoms with Crippen LogP contribution in [0.4, 0.5) is 11.4 Å². The Bertz CT molecular complexity index is 1260. The predicted molar refractivity (Wildman–Crippen MR) is 139 cm³/mol. The molecule has 0 saturated carbocycles. The Morgan fingerprint density at radius 2 is 1.49 bits per heavy atom. The fraction of sp³-hybridized carbons (Fsp3) is 0.179. The van der Waals surface area contributed by atoms with E-state index in [0.29, 0.717) is 17.8 Å². The van der Waals surface area contributed by atoms with E-state index >= 15 is 0 Å². The molecule has 7 heteroatoms. The minimum Gasteiger partial charge on any atom is -0.477 e. The van der Waals surface area contributed by atoms with Gasteiger partial charge in [0.05, 0.1) is 12.2 Å². The Hall–Kier alpha value is -4.39. The summed E-state index contributed by atoms with van der Waals surface area (Å²) >= 11 is 0. The van der Waals surface area contributed by atoms with E-state index in [4.69, 9.17) is 5.73 Å². The predicted octanol–water partition coefficient (Wildman–Crippen LogP) is 5.45. The molecule has 4 rings (SSSR count). The molecule has 1 heterocycles. The monoisotopic (exact) mass is 470 g/mol. The number of nitrogens with zero attached hydrogens (tertiary/aromatic N) is 2. The smallest absolute Gasteiger partial charge is 0.354 e. The van der Waals surface area contributed by atoms with Crippen LogP contribution in [-0.2, 0) is 12.0 Å². The van der Waals surface area contributed by atoms with E-state index < -0.39 is 5.97 Å². The number of anilines is 2. The molecule has 0 atom stereocenters. The topological polar surface area (TPSA) is 110 Å². The van der Waals surface area contributed by atoms with Gasteiger partial charge in [-0.2, -0.15) is 5.10 Å². The van der Waals surface area contributed by atoms with Crippen LogP contribution in [-0.4, -0.2) is 26.8 Å². The first kappa shape index (κ1) is 25.2. The Morgan fingerprint density at radius 3 is 2.03 bits per heavy atom. The number of benzene rings is 3. The van der Waals surface area contributed by atoms with Gasteiger partial charge in [0.25, 0.3) is 5.91 Å². The lowest BCUT2D eigenvalue weighted by Crippen LogP contribution is -2.14. The number of carbonyl (C=O) groups excluding carboxylic acids is 1. The molecule has 3 aromatic carbocycles. The van der Waals surface area contributed by atoms with Crippen LogP contribution in [0.15, 0.2) is 91.0 Å². The number of amides is 1. The van der Waals surface area contributed by atoms with E-state index in [1.807, 2.05) is 81.4 Å². The molecule has 1 aromatic heterocycles. The van der Waals surface area contributed by atoms with E-state index in [9.17, 15) is 14.7 Å². The highest BCUT2D eigenvalue weighted by Gasteiger charge is 2.22. The summed E-state index contributed by atoms with van der Waals surface area (Å²) in [5.41, 5.74) is 9.47. The normalized spacial score (nSPS) is 10.7. The number of hydrogen-bond donors (Lipinski definition) is 3. The van der Waals surface area contributed by atoms with Crippen LogP contribution < -0.4 is 11.1 Å². The molecule has 35 heavy (non-hydrogen) atoms. The molecule has 0 unspecified atom stereocenters. The summed E-state index contributed by atoms with van der Waals surface area (Å²) in [6.45, 7) is 6.54. The standard InChI is InChI=1S/C15H18N2O2.C13H12N2O/c1-15(2,3)13-9-12(14(18)19)17(16-13)10-11-7-5-4-6-8-11;14-11-8-6-10(7-9-11)13(16)15-12-4-2-1-3-5-12/h4-9H,10H2,1-3H3,(H,18,19);1-9H,14H2,(H,15,16). The third-order valence-corrected chi connectivity index (χ3v) is 5.15. The first-order valence-corrected chi connectivity index (χ1v) is 11.2. The van der Waals surface area contributed by atoms with E-state index in [-0.39, 0.29) is 17.0 Å². The van der Waals surface area contributed by atoms with Crippen LogP contribution in [0.1, 0.15) is 52.9 Å². The summed E-state index contributed by atoms with van der Waals surface area (Å²) in [6, 6.07) is 27.5. The highest BCUT2D eigenvalue weighted by atomic mass is 16.4. The molecule has 0 saturated heterocycles. The Labute approximate surface area is 205 Å². The van der Waals surface area contributed by atoms with Crippen molar-refractivity contribution in [2.75, 3.05) is 11.1 Å². The summed E-state index contributed by atoms with van der Waals surface area (Å²) in [5.74, 6) is -1.08. The van der Waals surface area contributed by atoms with Crippen LogP contribution >= 0.6 is 0 Å². The van der Waals surface area contributed by atoms with Crippen LogP contribution in [0, 0.1) is 0 Å². The van der Waals surface area contributed by atoms with Crippen molar-refractivity contribution in [3.05, 3.63) is 114 Å². The molecule has 0 fully saturated rings. The maximum Gasteiger partial charge on any atom is 0.354 e. The van der Waals surface area contributed by atoms with E-state index in [1.54, 1.807) is 35.0 Å². The van der Waals surface area contributed by atoms with Gasteiger partial charge in [-0.15, -0.1) is 0 Å². The number of para-hydroxylation sites is 1. The van der Waals surface area contributed by atoms with Gasteiger partial charge in [0.1, 0.15) is 5.69 Å². The van der Waals surface area contributed by atoms with Gasteiger partial charge in [-0.25, -0.2) is 4.79 Å². The first-order valence-electron chi connectivity index (χ1n) is 11.2. The number of carboxylic acid groups (broad SMARTS) is 1. The van der Waals surface area contributed by atoms with Gasteiger partial charge in [0, 0.05) is 22.4 Å². The molecule has 4 aromatic rings. The van der Waals surface area contributed by atoms with Crippen molar-refractivity contribution >= 4 is 23.3 Å². The fourth-order valence-corrected chi connectivity index (χ4v) is 3.19. The minimum absolute atomic E-state index is 0.133. The summed E-state index contributed by atoms with van der Waals surface area (Å²) in [4.78, 5) is 23.1. The van der Waals surface area contributed by atoms with Crippen LogP contribution in [0.25, 0.3) is 0 Å². The number of nitrogens with one attached hydrogen (secondary N) is 1. The Kier molecular flexibility index (Phi) is 8.04. The number of rotatable bonds is 5. The molecule has 0 aliphatic carbocycles. The summed E-state index contributed by atoms with van der Waals surface area (Å²) in [5, 5.41) is 16.5. The minimum atomic E-state index is -0.945. The molecule has 0 spiro atoms. The second-order valence-electron chi connectivity index (χ2n) is 9.06. The number of hydrogen-bond acceptors (Lipinski definition) is 4. The molecule has 0 aliphatic rings. The molecule has 0 radical (unpaired) electrons. The van der Waals surface area contributed by atoms with Crippen LogP contribution in [0.5, 0.6) is 0 Å². The number of nitrogen functional groups attached to an aromatic ring is 1. The zero-order valence-electron chi connectivity index (χ0n) is 20.1. The number of nitrogens with two attached hydrogens (primary N) is 1. The van der Waals surface area contributed by atoms with Crippen molar-refractivity contribution in [3.8, 4) is 0 Å². The molecule has 1 amide bonds. The lowest BCUT2D eigenvalue weighted by molar-refractivity contribution is 0.0683. The average molecular weight is 471 g/mol. The SMILES string of the molecule is CC(C)(C)c1cc(C(=O)O)n(Cc2ccccc2)n1.Nc1ccc(C(=O)Nc2ccccc2)cc1. The van der Waals surface area contributed by atoms with Crippen molar-refractivity contribution in [1.29, 1.82) is 0 Å². The van der Waals surface area contributed by atoms with Gasteiger partial charge < -0.3 is 16.2 Å². The second kappa shape index (κ2) is 11.2. The maximum absolute atomic E-state index is 11.8. The van der Waals surface area contributed by atoms with Crippen molar-refractivity contribution < 1.29 is 14.7 Å². The van der Waals surface area contributed by atoms with Crippen molar-refractivity contribution in [1.82, 2.24) is 9.78 Å². The largest absolute Gasteiger partial charge is 0.477 e. The van der Waals surface area contributed by atoms with Crippen LogP contribution in [0.3, 0.4) is 0 Å². The molecule has 4 N–H and O–H groups in total. The van der Waals surface area contributed by atoms with Crippen molar-refractivity contribution in [3.63, 3.8) is 0 Å². The average Bonchev–Trinajstić information content (AvgIpc) is 3.26. The number of carboxylic acids is 1.